The summed E-state index contributed by atoms with van der Waals surface area (Å²) in [4.78, 5) is 0. The molecule has 0 aliphatic rings. The molecule has 5 aromatic rings. The molecule has 0 amide bonds. The van der Waals surface area contributed by atoms with Gasteiger partial charge in [0, 0.05) is 0 Å². The number of benzene rings is 5. The Balaban J connectivity index is 1.68. The van der Waals surface area contributed by atoms with Crippen molar-refractivity contribution in [2.45, 2.75) is 27.7 Å². The number of hydrogen-bond donors (Lipinski definition) is 4. The minimum atomic E-state index is 0.550. The van der Waals surface area contributed by atoms with E-state index in [1.165, 1.54) is 0 Å². The van der Waals surface area contributed by atoms with Crippen LogP contribution in [0.2, 0.25) is 0 Å². The molecule has 4 N–H and O–H groups in total. The molecule has 0 aromatic heterocycles. The Morgan fingerprint density at radius 1 is 0.326 bits per heavy atom. The standard InChI is InChI=1S/C38H42N4O4/c1-5-43-35-21-13-9-17-27(35)39-31-25-33(41-29-19-11-15-23-37(29)45-7-3)34(42-30-20-12-16-24-38(30)46-8-4)26-32(31)40-28-18-10-14-22-36(28)44-6-2/h9-26,39-42H,5-8H2,1-4H3. The van der Waals surface area contributed by atoms with Crippen molar-refractivity contribution in [1.29, 1.82) is 0 Å². The number of rotatable bonds is 16. The second-order valence-electron chi connectivity index (χ2n) is 10.2. The summed E-state index contributed by atoms with van der Waals surface area (Å²) >= 11 is 0. The van der Waals surface area contributed by atoms with E-state index >= 15 is 0 Å². The van der Waals surface area contributed by atoms with Crippen LogP contribution in [0, 0.1) is 0 Å². The predicted molar refractivity (Wildman–Crippen MR) is 190 cm³/mol. The Kier molecular flexibility index (Phi) is 11.1. The maximum Gasteiger partial charge on any atom is 0.142 e. The van der Waals surface area contributed by atoms with Crippen LogP contribution in [0.1, 0.15) is 27.7 Å². The van der Waals surface area contributed by atoms with Crippen LogP contribution in [0.4, 0.5) is 45.5 Å². The lowest BCUT2D eigenvalue weighted by atomic mass is 10.1. The van der Waals surface area contributed by atoms with Crippen molar-refractivity contribution in [3.8, 4) is 23.0 Å². The van der Waals surface area contributed by atoms with Crippen LogP contribution in [-0.4, -0.2) is 26.4 Å². The minimum Gasteiger partial charge on any atom is -0.492 e. The van der Waals surface area contributed by atoms with E-state index in [2.05, 4.69) is 33.4 Å². The summed E-state index contributed by atoms with van der Waals surface area (Å²) in [6.07, 6.45) is 0. The molecule has 0 radical (unpaired) electrons. The van der Waals surface area contributed by atoms with E-state index in [-0.39, 0.29) is 0 Å². The summed E-state index contributed by atoms with van der Waals surface area (Å²) in [5.74, 6) is 3.04. The Morgan fingerprint density at radius 3 is 0.761 bits per heavy atom. The lowest BCUT2D eigenvalue weighted by Crippen LogP contribution is -2.06. The molecule has 5 rings (SSSR count). The number of ether oxygens (including phenoxy) is 4. The molecule has 46 heavy (non-hydrogen) atoms. The van der Waals surface area contributed by atoms with Gasteiger partial charge in [-0.2, -0.15) is 0 Å². The Labute approximate surface area is 271 Å². The molecule has 238 valence electrons. The highest BCUT2D eigenvalue weighted by Gasteiger charge is 2.17. The summed E-state index contributed by atoms with van der Waals surface area (Å²) in [7, 11) is 0. The minimum absolute atomic E-state index is 0.550. The van der Waals surface area contributed by atoms with E-state index in [4.69, 9.17) is 18.9 Å². The lowest BCUT2D eigenvalue weighted by Gasteiger charge is -2.23. The first kappa shape index (κ1) is 31.9. The predicted octanol–water partition coefficient (Wildman–Crippen LogP) is 10.3. The van der Waals surface area contributed by atoms with Gasteiger partial charge in [-0.05, 0) is 88.4 Å². The van der Waals surface area contributed by atoms with Crippen molar-refractivity contribution in [3.05, 3.63) is 109 Å². The van der Waals surface area contributed by atoms with Gasteiger partial charge in [-0.15, -0.1) is 0 Å². The highest BCUT2D eigenvalue weighted by atomic mass is 16.5. The zero-order chi connectivity index (χ0) is 32.1. The topological polar surface area (TPSA) is 85.0 Å². The van der Waals surface area contributed by atoms with Gasteiger partial charge in [0.05, 0.1) is 71.9 Å². The largest absolute Gasteiger partial charge is 0.492 e. The zero-order valence-electron chi connectivity index (χ0n) is 26.9. The summed E-state index contributed by atoms with van der Waals surface area (Å²) < 4.78 is 23.9. The third-order valence-electron chi connectivity index (χ3n) is 6.98. The SMILES string of the molecule is CCOc1ccccc1Nc1cc(Nc2ccccc2OCC)c(Nc2ccccc2OCC)cc1Nc1ccccc1OCC. The Hall–Kier alpha value is -5.50. The fourth-order valence-corrected chi connectivity index (χ4v) is 5.00. The molecule has 0 spiro atoms. The molecule has 0 heterocycles. The van der Waals surface area contributed by atoms with E-state index in [1.807, 2.05) is 125 Å². The van der Waals surface area contributed by atoms with Crippen molar-refractivity contribution < 1.29 is 18.9 Å². The van der Waals surface area contributed by atoms with Gasteiger partial charge in [-0.25, -0.2) is 0 Å². The van der Waals surface area contributed by atoms with Crippen molar-refractivity contribution >= 4 is 45.5 Å². The second-order valence-corrected chi connectivity index (χ2v) is 10.2. The second kappa shape index (κ2) is 16.0. The fraction of sp³-hybridized carbons (Fsp3) is 0.211. The molecular weight excluding hydrogens is 576 g/mol. The van der Waals surface area contributed by atoms with Crippen LogP contribution in [0.25, 0.3) is 0 Å². The highest BCUT2D eigenvalue weighted by molar-refractivity contribution is 5.92. The van der Waals surface area contributed by atoms with Crippen LogP contribution in [0.15, 0.2) is 109 Å². The third kappa shape index (κ3) is 7.95. The number of anilines is 8. The normalized spacial score (nSPS) is 10.5. The summed E-state index contributed by atoms with van der Waals surface area (Å²) in [6, 6.07) is 35.8. The first-order chi connectivity index (χ1) is 22.6. The van der Waals surface area contributed by atoms with Crippen LogP contribution in [0.5, 0.6) is 23.0 Å². The number of para-hydroxylation sites is 8. The van der Waals surface area contributed by atoms with E-state index < -0.39 is 0 Å². The van der Waals surface area contributed by atoms with E-state index in [9.17, 15) is 0 Å². The van der Waals surface area contributed by atoms with Crippen LogP contribution >= 0.6 is 0 Å². The third-order valence-corrected chi connectivity index (χ3v) is 6.98. The van der Waals surface area contributed by atoms with E-state index in [0.29, 0.717) is 26.4 Å². The molecule has 5 aromatic carbocycles. The van der Waals surface area contributed by atoms with Crippen LogP contribution in [-0.2, 0) is 0 Å². The smallest absolute Gasteiger partial charge is 0.142 e. The molecular formula is C38H42N4O4. The highest BCUT2D eigenvalue weighted by Crippen LogP contribution is 2.43. The average molecular weight is 619 g/mol. The van der Waals surface area contributed by atoms with Crippen molar-refractivity contribution in [1.82, 2.24) is 0 Å². The van der Waals surface area contributed by atoms with Crippen molar-refractivity contribution in [3.63, 3.8) is 0 Å². The monoisotopic (exact) mass is 618 g/mol. The van der Waals surface area contributed by atoms with E-state index in [1.54, 1.807) is 0 Å². The molecule has 0 bridgehead atoms. The van der Waals surface area contributed by atoms with E-state index in [0.717, 1.165) is 68.5 Å². The molecule has 8 heteroatoms. The number of hydrogen-bond acceptors (Lipinski definition) is 8. The fourth-order valence-electron chi connectivity index (χ4n) is 5.00. The maximum absolute atomic E-state index is 5.96. The molecule has 0 saturated heterocycles. The first-order valence-electron chi connectivity index (χ1n) is 15.8. The molecule has 0 aliphatic carbocycles. The molecule has 0 aliphatic heterocycles. The van der Waals surface area contributed by atoms with Crippen LogP contribution < -0.4 is 40.2 Å². The van der Waals surface area contributed by atoms with Gasteiger partial charge in [0.2, 0.25) is 0 Å². The molecule has 0 unspecified atom stereocenters. The maximum atomic E-state index is 5.96. The summed E-state index contributed by atoms with van der Waals surface area (Å²) in [5, 5.41) is 14.5. The molecule has 0 atom stereocenters. The Morgan fingerprint density at radius 2 is 0.543 bits per heavy atom. The average Bonchev–Trinajstić information content (AvgIpc) is 3.07. The molecule has 0 fully saturated rings. The van der Waals surface area contributed by atoms with Gasteiger partial charge in [-0.1, -0.05) is 48.5 Å². The van der Waals surface area contributed by atoms with Gasteiger partial charge in [-0.3, -0.25) is 0 Å². The number of nitrogens with one attached hydrogen (secondary N) is 4. The van der Waals surface area contributed by atoms with Crippen LogP contribution in [0.3, 0.4) is 0 Å². The summed E-state index contributed by atoms with van der Waals surface area (Å²) in [5.41, 5.74) is 6.64. The first-order valence-corrected chi connectivity index (χ1v) is 15.8. The van der Waals surface area contributed by atoms with Gasteiger partial charge < -0.3 is 40.2 Å². The van der Waals surface area contributed by atoms with Gasteiger partial charge in [0.1, 0.15) is 23.0 Å². The van der Waals surface area contributed by atoms with Gasteiger partial charge in [0.25, 0.3) is 0 Å². The van der Waals surface area contributed by atoms with Crippen molar-refractivity contribution in [2.75, 3.05) is 47.7 Å². The Bertz CT molecular complexity index is 1480. The van der Waals surface area contributed by atoms with Gasteiger partial charge in [0.15, 0.2) is 0 Å². The van der Waals surface area contributed by atoms with Gasteiger partial charge >= 0.3 is 0 Å². The quantitative estimate of drug-likeness (QED) is 0.0869. The lowest BCUT2D eigenvalue weighted by molar-refractivity contribution is 0.341. The zero-order valence-corrected chi connectivity index (χ0v) is 26.9. The van der Waals surface area contributed by atoms with Crippen molar-refractivity contribution in [2.24, 2.45) is 0 Å². The summed E-state index contributed by atoms with van der Waals surface area (Å²) in [6.45, 7) is 10.1. The molecule has 8 nitrogen and oxygen atoms in total. The molecule has 0 saturated carbocycles.